The zero-order chi connectivity index (χ0) is 9.84. The third-order valence-electron chi connectivity index (χ3n) is 1.21. The monoisotopic (exact) mass is 179 g/mol. The molecule has 2 amide bonds. The smallest absolute Gasteiger partial charge is 0.329 e. The number of rotatable bonds is 2. The van der Waals surface area contributed by atoms with Gasteiger partial charge in [0.05, 0.1) is 0 Å². The molecule has 5 heteroatoms. The van der Waals surface area contributed by atoms with E-state index < -0.39 is 17.8 Å². The molecular formula is C8H5NO4. The predicted octanol–water partition coefficient (Wildman–Crippen LogP) is -0.607. The quantitative estimate of drug-likeness (QED) is 0.419. The molecule has 0 aromatic heterocycles. The fourth-order valence-corrected chi connectivity index (χ4v) is 0.694. The second-order valence-electron chi connectivity index (χ2n) is 2.15. The van der Waals surface area contributed by atoms with Crippen LogP contribution in [0, 0.1) is 12.3 Å². The van der Waals surface area contributed by atoms with Crippen molar-refractivity contribution >= 4 is 17.8 Å². The van der Waals surface area contributed by atoms with Gasteiger partial charge in [0.2, 0.25) is 0 Å². The van der Waals surface area contributed by atoms with Crippen LogP contribution in [0.5, 0.6) is 0 Å². The summed E-state index contributed by atoms with van der Waals surface area (Å²) in [6.07, 6.45) is 6.55. The largest absolute Gasteiger partial charge is 0.345 e. The first kappa shape index (κ1) is 9.00. The standard InChI is InChI=1S/C8H5NO4/c1-2-3-8(12)13-9-6(10)4-5-7(9)11/h1,4-5H,3H2. The topological polar surface area (TPSA) is 63.7 Å². The molecule has 0 aromatic rings. The molecule has 0 aromatic carbocycles. The number of carbonyl (C=O) groups is 3. The van der Waals surface area contributed by atoms with Gasteiger partial charge in [0.1, 0.15) is 6.42 Å². The summed E-state index contributed by atoms with van der Waals surface area (Å²) >= 11 is 0. The Morgan fingerprint density at radius 1 is 1.46 bits per heavy atom. The van der Waals surface area contributed by atoms with E-state index in [-0.39, 0.29) is 6.42 Å². The molecule has 0 fully saturated rings. The average Bonchev–Trinajstić information content (AvgIpc) is 2.36. The minimum atomic E-state index is -0.812. The predicted molar refractivity (Wildman–Crippen MR) is 40.5 cm³/mol. The van der Waals surface area contributed by atoms with E-state index in [1.807, 2.05) is 5.92 Å². The van der Waals surface area contributed by atoms with Crippen molar-refractivity contribution in [3.05, 3.63) is 12.2 Å². The van der Waals surface area contributed by atoms with Gasteiger partial charge >= 0.3 is 5.97 Å². The highest BCUT2D eigenvalue weighted by Crippen LogP contribution is 2.04. The molecule has 0 N–H and O–H groups in total. The third-order valence-corrected chi connectivity index (χ3v) is 1.21. The zero-order valence-corrected chi connectivity index (χ0v) is 6.52. The van der Waals surface area contributed by atoms with E-state index in [4.69, 9.17) is 6.42 Å². The fourth-order valence-electron chi connectivity index (χ4n) is 0.694. The lowest BCUT2D eigenvalue weighted by molar-refractivity contribution is -0.195. The highest BCUT2D eigenvalue weighted by molar-refractivity contribution is 6.12. The Kier molecular flexibility index (Phi) is 2.45. The van der Waals surface area contributed by atoms with Gasteiger partial charge in [-0.05, 0) is 0 Å². The van der Waals surface area contributed by atoms with Crippen molar-refractivity contribution in [3.63, 3.8) is 0 Å². The van der Waals surface area contributed by atoms with Crippen molar-refractivity contribution in [2.45, 2.75) is 6.42 Å². The molecular weight excluding hydrogens is 174 g/mol. The first-order valence-electron chi connectivity index (χ1n) is 3.35. The summed E-state index contributed by atoms with van der Waals surface area (Å²) in [5.74, 6) is -0.155. The van der Waals surface area contributed by atoms with Crippen molar-refractivity contribution in [2.24, 2.45) is 0 Å². The van der Waals surface area contributed by atoms with Crippen LogP contribution in [0.4, 0.5) is 0 Å². The van der Waals surface area contributed by atoms with E-state index in [2.05, 4.69) is 4.84 Å². The number of imide groups is 1. The van der Waals surface area contributed by atoms with E-state index in [0.717, 1.165) is 12.2 Å². The van der Waals surface area contributed by atoms with Gasteiger partial charge < -0.3 is 4.84 Å². The van der Waals surface area contributed by atoms with Gasteiger partial charge in [-0.25, -0.2) is 4.79 Å². The minimum Gasteiger partial charge on any atom is -0.329 e. The number of hydrogen-bond acceptors (Lipinski definition) is 4. The van der Waals surface area contributed by atoms with E-state index in [1.54, 1.807) is 0 Å². The molecule has 13 heavy (non-hydrogen) atoms. The summed E-state index contributed by atoms with van der Waals surface area (Å²) in [4.78, 5) is 36.7. The van der Waals surface area contributed by atoms with Crippen LogP contribution < -0.4 is 0 Å². The first-order valence-corrected chi connectivity index (χ1v) is 3.35. The Hall–Kier alpha value is -2.09. The molecule has 5 nitrogen and oxygen atoms in total. The normalized spacial score (nSPS) is 14.5. The van der Waals surface area contributed by atoms with Gasteiger partial charge in [-0.3, -0.25) is 9.59 Å². The van der Waals surface area contributed by atoms with E-state index in [0.29, 0.717) is 5.06 Å². The summed E-state index contributed by atoms with van der Waals surface area (Å²) in [5, 5.41) is 0.361. The van der Waals surface area contributed by atoms with Crippen LogP contribution in [0.3, 0.4) is 0 Å². The van der Waals surface area contributed by atoms with Crippen LogP contribution in [0.15, 0.2) is 12.2 Å². The number of amides is 2. The van der Waals surface area contributed by atoms with Crippen molar-refractivity contribution in [1.82, 2.24) is 5.06 Å². The zero-order valence-electron chi connectivity index (χ0n) is 6.52. The second-order valence-corrected chi connectivity index (χ2v) is 2.15. The molecule has 0 unspecified atom stereocenters. The van der Waals surface area contributed by atoms with Crippen LogP contribution in [0.2, 0.25) is 0 Å². The number of nitrogens with zero attached hydrogens (tertiary/aromatic N) is 1. The molecule has 0 spiro atoms. The van der Waals surface area contributed by atoms with Crippen molar-refractivity contribution < 1.29 is 19.2 Å². The lowest BCUT2D eigenvalue weighted by Crippen LogP contribution is -2.32. The number of hydrogen-bond donors (Lipinski definition) is 0. The number of hydroxylamine groups is 2. The number of carbonyl (C=O) groups excluding carboxylic acids is 3. The molecule has 0 saturated heterocycles. The molecule has 1 aliphatic rings. The minimum absolute atomic E-state index is 0.281. The average molecular weight is 179 g/mol. The van der Waals surface area contributed by atoms with Crippen molar-refractivity contribution in [1.29, 1.82) is 0 Å². The highest BCUT2D eigenvalue weighted by atomic mass is 16.7. The molecule has 0 saturated carbocycles. The molecule has 0 aliphatic carbocycles. The Balaban J connectivity index is 2.56. The fraction of sp³-hybridized carbons (Fsp3) is 0.125. The van der Waals surface area contributed by atoms with Crippen LogP contribution >= 0.6 is 0 Å². The van der Waals surface area contributed by atoms with Gasteiger partial charge in [0.25, 0.3) is 11.8 Å². The third kappa shape index (κ3) is 1.93. The molecule has 66 valence electrons. The van der Waals surface area contributed by atoms with Crippen LogP contribution in [0.25, 0.3) is 0 Å². The van der Waals surface area contributed by atoms with Crippen molar-refractivity contribution in [3.8, 4) is 12.3 Å². The lowest BCUT2D eigenvalue weighted by atomic mass is 10.5. The second kappa shape index (κ2) is 3.54. The van der Waals surface area contributed by atoms with E-state index >= 15 is 0 Å². The molecule has 1 rings (SSSR count). The van der Waals surface area contributed by atoms with Crippen LogP contribution in [-0.4, -0.2) is 22.8 Å². The summed E-state index contributed by atoms with van der Waals surface area (Å²) in [7, 11) is 0. The van der Waals surface area contributed by atoms with Gasteiger partial charge in [-0.1, -0.05) is 11.0 Å². The van der Waals surface area contributed by atoms with Crippen molar-refractivity contribution in [2.75, 3.05) is 0 Å². The van der Waals surface area contributed by atoms with Crippen LogP contribution in [-0.2, 0) is 19.2 Å². The van der Waals surface area contributed by atoms with Crippen LogP contribution in [0.1, 0.15) is 6.42 Å². The van der Waals surface area contributed by atoms with Gasteiger partial charge in [0.15, 0.2) is 0 Å². The maximum atomic E-state index is 10.8. The molecule has 0 bridgehead atoms. The van der Waals surface area contributed by atoms with Gasteiger partial charge in [-0.2, -0.15) is 0 Å². The van der Waals surface area contributed by atoms with Gasteiger partial charge in [0, 0.05) is 12.2 Å². The number of terminal acetylenes is 1. The Morgan fingerprint density at radius 2 is 2.00 bits per heavy atom. The molecule has 1 aliphatic heterocycles. The highest BCUT2D eigenvalue weighted by Gasteiger charge is 2.27. The SMILES string of the molecule is C#CCC(=O)ON1C(=O)C=CC1=O. The summed E-state index contributed by atoms with van der Waals surface area (Å²) in [6, 6.07) is 0. The Bertz CT molecular complexity index is 319. The first-order chi connectivity index (χ1) is 6.15. The summed E-state index contributed by atoms with van der Waals surface area (Å²) in [5.41, 5.74) is 0. The Labute approximate surface area is 73.9 Å². The maximum absolute atomic E-state index is 10.8. The van der Waals surface area contributed by atoms with E-state index in [1.165, 1.54) is 0 Å². The molecule has 0 radical (unpaired) electrons. The summed E-state index contributed by atoms with van der Waals surface area (Å²) < 4.78 is 0. The van der Waals surface area contributed by atoms with E-state index in [9.17, 15) is 14.4 Å². The molecule has 0 atom stereocenters. The maximum Gasteiger partial charge on any atom is 0.345 e. The van der Waals surface area contributed by atoms with Gasteiger partial charge in [-0.15, -0.1) is 6.42 Å². The summed E-state index contributed by atoms with van der Waals surface area (Å²) in [6.45, 7) is 0. The lowest BCUT2D eigenvalue weighted by Gasteiger charge is -2.10. The molecule has 1 heterocycles. The Morgan fingerprint density at radius 3 is 2.46 bits per heavy atom.